The third-order valence-electron chi connectivity index (χ3n) is 4.79. The summed E-state index contributed by atoms with van der Waals surface area (Å²) in [6.07, 6.45) is -0.320. The van der Waals surface area contributed by atoms with Crippen molar-refractivity contribution >= 4 is 21.8 Å². The Morgan fingerprint density at radius 3 is 2.42 bits per heavy atom. The number of sulfonamides is 1. The standard InChI is InChI=1S/C21H25N3O6S/c1-29-17-9-7-16(8-10-17)11-12-22-20(25)21(26)23-15-19-24(13-14-30-19)31(27,28)18-5-3-2-4-6-18/h2-10,19H,11-15H2,1H3,(H,22,25)(H,23,26)/t19-/m0/s1. The van der Waals surface area contributed by atoms with Gasteiger partial charge in [-0.3, -0.25) is 9.59 Å². The van der Waals surface area contributed by atoms with E-state index in [2.05, 4.69) is 10.6 Å². The van der Waals surface area contributed by atoms with Crippen molar-refractivity contribution in [2.45, 2.75) is 17.5 Å². The van der Waals surface area contributed by atoms with Crippen LogP contribution >= 0.6 is 0 Å². The minimum absolute atomic E-state index is 0.128. The van der Waals surface area contributed by atoms with Gasteiger partial charge in [0.25, 0.3) is 0 Å². The Morgan fingerprint density at radius 1 is 1.06 bits per heavy atom. The zero-order valence-corrected chi connectivity index (χ0v) is 17.9. The summed E-state index contributed by atoms with van der Waals surface area (Å²) in [5.41, 5.74) is 0.989. The first-order chi connectivity index (χ1) is 14.9. The van der Waals surface area contributed by atoms with E-state index in [1.165, 1.54) is 16.4 Å². The van der Waals surface area contributed by atoms with Crippen molar-refractivity contribution in [3.8, 4) is 5.75 Å². The summed E-state index contributed by atoms with van der Waals surface area (Å²) in [5.74, 6) is -0.893. The first-order valence-electron chi connectivity index (χ1n) is 9.79. The summed E-state index contributed by atoms with van der Waals surface area (Å²) in [6.45, 7) is 0.538. The first kappa shape index (κ1) is 22.7. The molecule has 2 aromatic rings. The van der Waals surface area contributed by atoms with E-state index in [0.29, 0.717) is 6.42 Å². The highest BCUT2D eigenvalue weighted by molar-refractivity contribution is 7.89. The molecule has 0 aliphatic carbocycles. The summed E-state index contributed by atoms with van der Waals surface area (Å²) in [7, 11) is -2.17. The summed E-state index contributed by atoms with van der Waals surface area (Å²) < 4.78 is 37.3. The van der Waals surface area contributed by atoms with Gasteiger partial charge in [-0.15, -0.1) is 0 Å². The number of ether oxygens (including phenoxy) is 2. The molecule has 10 heteroatoms. The molecule has 0 unspecified atom stereocenters. The molecule has 0 spiro atoms. The fourth-order valence-electron chi connectivity index (χ4n) is 3.12. The van der Waals surface area contributed by atoms with Crippen molar-refractivity contribution in [2.75, 3.05) is 33.4 Å². The summed E-state index contributed by atoms with van der Waals surface area (Å²) in [6, 6.07) is 15.4. The Morgan fingerprint density at radius 2 is 1.74 bits per heavy atom. The third kappa shape index (κ3) is 5.81. The largest absolute Gasteiger partial charge is 0.497 e. The van der Waals surface area contributed by atoms with Crippen molar-refractivity contribution in [2.24, 2.45) is 0 Å². The van der Waals surface area contributed by atoms with Crippen molar-refractivity contribution in [1.82, 2.24) is 14.9 Å². The van der Waals surface area contributed by atoms with Gasteiger partial charge in [0.1, 0.15) is 12.0 Å². The lowest BCUT2D eigenvalue weighted by Crippen LogP contribution is -2.47. The quantitative estimate of drug-likeness (QED) is 0.571. The molecule has 2 N–H and O–H groups in total. The molecule has 31 heavy (non-hydrogen) atoms. The minimum atomic E-state index is -3.76. The third-order valence-corrected chi connectivity index (χ3v) is 6.70. The highest BCUT2D eigenvalue weighted by Crippen LogP contribution is 2.21. The smallest absolute Gasteiger partial charge is 0.309 e. The maximum Gasteiger partial charge on any atom is 0.309 e. The number of rotatable bonds is 8. The van der Waals surface area contributed by atoms with Crippen molar-refractivity contribution in [3.63, 3.8) is 0 Å². The van der Waals surface area contributed by atoms with Crippen LogP contribution in [0.25, 0.3) is 0 Å². The number of hydrogen-bond donors (Lipinski definition) is 2. The topological polar surface area (TPSA) is 114 Å². The number of hydrogen-bond acceptors (Lipinski definition) is 6. The number of carbonyl (C=O) groups is 2. The Kier molecular flexibility index (Phi) is 7.61. The Hall–Kier alpha value is -2.95. The summed E-state index contributed by atoms with van der Waals surface area (Å²) >= 11 is 0. The number of benzene rings is 2. The molecule has 3 rings (SSSR count). The highest BCUT2D eigenvalue weighted by atomic mass is 32.2. The maximum absolute atomic E-state index is 12.8. The SMILES string of the molecule is COc1ccc(CCNC(=O)C(=O)NC[C@@H]2OCCN2S(=O)(=O)c2ccccc2)cc1. The molecule has 2 amide bonds. The van der Waals surface area contributed by atoms with Crippen molar-refractivity contribution in [3.05, 3.63) is 60.2 Å². The van der Waals surface area contributed by atoms with Gasteiger partial charge in [0.15, 0.2) is 0 Å². The highest BCUT2D eigenvalue weighted by Gasteiger charge is 2.36. The second kappa shape index (κ2) is 10.4. The van der Waals surface area contributed by atoms with Gasteiger partial charge in [-0.2, -0.15) is 4.31 Å². The van der Waals surface area contributed by atoms with Gasteiger partial charge >= 0.3 is 11.8 Å². The van der Waals surface area contributed by atoms with E-state index < -0.39 is 28.1 Å². The van der Waals surface area contributed by atoms with Gasteiger partial charge in [-0.1, -0.05) is 30.3 Å². The van der Waals surface area contributed by atoms with Gasteiger partial charge in [-0.25, -0.2) is 8.42 Å². The lowest BCUT2D eigenvalue weighted by Gasteiger charge is -2.22. The molecule has 1 aliphatic heterocycles. The van der Waals surface area contributed by atoms with Crippen LogP contribution in [-0.4, -0.2) is 64.1 Å². The molecule has 1 saturated heterocycles. The molecule has 0 radical (unpaired) electrons. The van der Waals surface area contributed by atoms with Crippen LogP contribution in [0.1, 0.15) is 5.56 Å². The van der Waals surface area contributed by atoms with Crippen LogP contribution in [0.5, 0.6) is 5.75 Å². The molecular formula is C21H25N3O6S. The van der Waals surface area contributed by atoms with Gasteiger partial charge in [-0.05, 0) is 36.2 Å². The molecule has 9 nitrogen and oxygen atoms in total. The van der Waals surface area contributed by atoms with Crippen LogP contribution < -0.4 is 15.4 Å². The average molecular weight is 448 g/mol. The Labute approximate surface area is 181 Å². The fraction of sp³-hybridized carbons (Fsp3) is 0.333. The van der Waals surface area contributed by atoms with Crippen LogP contribution in [0.3, 0.4) is 0 Å². The number of nitrogens with zero attached hydrogens (tertiary/aromatic N) is 1. The molecule has 1 heterocycles. The second-order valence-electron chi connectivity index (χ2n) is 6.82. The van der Waals surface area contributed by atoms with Crippen molar-refractivity contribution in [1.29, 1.82) is 0 Å². The summed E-state index contributed by atoms with van der Waals surface area (Å²) in [5, 5.41) is 4.99. The zero-order chi connectivity index (χ0) is 22.3. The summed E-state index contributed by atoms with van der Waals surface area (Å²) in [4.78, 5) is 24.3. The van der Waals surface area contributed by atoms with Crippen LogP contribution in [0.2, 0.25) is 0 Å². The average Bonchev–Trinajstić information content (AvgIpc) is 3.28. The zero-order valence-electron chi connectivity index (χ0n) is 17.1. The predicted octanol–water partition coefficient (Wildman–Crippen LogP) is 0.517. The van der Waals surface area contributed by atoms with E-state index >= 15 is 0 Å². The van der Waals surface area contributed by atoms with E-state index in [9.17, 15) is 18.0 Å². The Balaban J connectivity index is 1.47. The molecule has 0 aromatic heterocycles. The molecule has 1 fully saturated rings. The van der Waals surface area contributed by atoms with Crippen LogP contribution in [0.4, 0.5) is 0 Å². The molecule has 1 atom stereocenters. The Bertz CT molecular complexity index is 996. The van der Waals surface area contributed by atoms with E-state index in [1.807, 2.05) is 24.3 Å². The van der Waals surface area contributed by atoms with Gasteiger partial charge in [0.2, 0.25) is 10.0 Å². The normalized spacial score (nSPS) is 16.6. The van der Waals surface area contributed by atoms with E-state index in [0.717, 1.165) is 11.3 Å². The van der Waals surface area contributed by atoms with Crippen LogP contribution in [-0.2, 0) is 30.8 Å². The molecule has 0 bridgehead atoms. The monoisotopic (exact) mass is 447 g/mol. The van der Waals surface area contributed by atoms with Gasteiger partial charge < -0.3 is 20.1 Å². The van der Waals surface area contributed by atoms with Crippen molar-refractivity contribution < 1.29 is 27.5 Å². The molecule has 1 aliphatic rings. The fourth-order valence-corrected chi connectivity index (χ4v) is 4.65. The molecular weight excluding hydrogens is 422 g/mol. The van der Waals surface area contributed by atoms with Gasteiger partial charge in [0, 0.05) is 13.1 Å². The van der Waals surface area contributed by atoms with E-state index in [1.54, 1.807) is 25.3 Å². The lowest BCUT2D eigenvalue weighted by atomic mass is 10.1. The van der Waals surface area contributed by atoms with Gasteiger partial charge in [0.05, 0.1) is 25.2 Å². The molecule has 0 saturated carbocycles. The lowest BCUT2D eigenvalue weighted by molar-refractivity contribution is -0.139. The van der Waals surface area contributed by atoms with E-state index in [4.69, 9.17) is 9.47 Å². The second-order valence-corrected chi connectivity index (χ2v) is 8.71. The van der Waals surface area contributed by atoms with Crippen LogP contribution in [0, 0.1) is 0 Å². The number of methoxy groups -OCH3 is 1. The molecule has 2 aromatic carbocycles. The minimum Gasteiger partial charge on any atom is -0.497 e. The number of nitrogens with one attached hydrogen (secondary N) is 2. The maximum atomic E-state index is 12.8. The first-order valence-corrected chi connectivity index (χ1v) is 11.2. The predicted molar refractivity (Wildman–Crippen MR) is 113 cm³/mol. The molecule has 166 valence electrons. The number of carbonyl (C=O) groups excluding carboxylic acids is 2. The van der Waals surface area contributed by atoms with E-state index in [-0.39, 0.29) is 31.1 Å². The number of amides is 2. The van der Waals surface area contributed by atoms with Crippen LogP contribution in [0.15, 0.2) is 59.5 Å².